The Kier molecular flexibility index (Phi) is 5.35. The SMILES string of the molecule is CCCCCCC(CC)c1ncco1. The second-order valence-corrected chi connectivity index (χ2v) is 3.82. The molecular formula is C12H21NO. The summed E-state index contributed by atoms with van der Waals surface area (Å²) in [6, 6.07) is 0. The molecule has 0 N–H and O–H groups in total. The van der Waals surface area contributed by atoms with E-state index >= 15 is 0 Å². The summed E-state index contributed by atoms with van der Waals surface area (Å²) in [6.07, 6.45) is 11.1. The van der Waals surface area contributed by atoms with Gasteiger partial charge in [0.25, 0.3) is 0 Å². The zero-order chi connectivity index (χ0) is 10.2. The molecule has 0 saturated carbocycles. The van der Waals surface area contributed by atoms with Crippen molar-refractivity contribution in [1.82, 2.24) is 4.98 Å². The zero-order valence-electron chi connectivity index (χ0n) is 9.33. The highest BCUT2D eigenvalue weighted by atomic mass is 16.3. The van der Waals surface area contributed by atoms with Gasteiger partial charge < -0.3 is 4.42 Å². The molecule has 1 rings (SSSR count). The molecule has 0 bridgehead atoms. The number of aromatic nitrogens is 1. The lowest BCUT2D eigenvalue weighted by atomic mass is 9.98. The molecule has 0 aliphatic rings. The Labute approximate surface area is 86.7 Å². The van der Waals surface area contributed by atoms with Crippen LogP contribution < -0.4 is 0 Å². The number of rotatable bonds is 7. The summed E-state index contributed by atoms with van der Waals surface area (Å²) >= 11 is 0. The average Bonchev–Trinajstić information content (AvgIpc) is 2.71. The Morgan fingerprint density at radius 2 is 2.14 bits per heavy atom. The zero-order valence-corrected chi connectivity index (χ0v) is 9.33. The number of oxazole rings is 1. The van der Waals surface area contributed by atoms with Gasteiger partial charge in [0.1, 0.15) is 6.26 Å². The van der Waals surface area contributed by atoms with Crippen molar-refractivity contribution in [2.45, 2.75) is 58.3 Å². The first-order valence-corrected chi connectivity index (χ1v) is 5.77. The van der Waals surface area contributed by atoms with Crippen LogP contribution in [0.5, 0.6) is 0 Å². The van der Waals surface area contributed by atoms with Crippen molar-refractivity contribution in [3.63, 3.8) is 0 Å². The molecule has 1 aromatic heterocycles. The Morgan fingerprint density at radius 1 is 1.29 bits per heavy atom. The minimum atomic E-state index is 0.529. The first kappa shape index (κ1) is 11.3. The molecule has 1 aromatic rings. The molecule has 0 aliphatic carbocycles. The summed E-state index contributed by atoms with van der Waals surface area (Å²) in [6.45, 7) is 4.44. The van der Waals surface area contributed by atoms with Gasteiger partial charge in [-0.05, 0) is 12.8 Å². The molecule has 0 saturated heterocycles. The highest BCUT2D eigenvalue weighted by Gasteiger charge is 2.12. The van der Waals surface area contributed by atoms with Gasteiger partial charge in [-0.1, -0.05) is 39.5 Å². The van der Waals surface area contributed by atoms with E-state index in [0.717, 1.165) is 12.3 Å². The van der Waals surface area contributed by atoms with Gasteiger partial charge in [-0.3, -0.25) is 0 Å². The van der Waals surface area contributed by atoms with Crippen molar-refractivity contribution in [1.29, 1.82) is 0 Å². The molecular weight excluding hydrogens is 174 g/mol. The van der Waals surface area contributed by atoms with Crippen molar-refractivity contribution >= 4 is 0 Å². The molecule has 1 heterocycles. The monoisotopic (exact) mass is 195 g/mol. The van der Waals surface area contributed by atoms with Crippen LogP contribution in [0.1, 0.15) is 64.2 Å². The number of hydrogen-bond acceptors (Lipinski definition) is 2. The van der Waals surface area contributed by atoms with Crippen LogP contribution in [-0.2, 0) is 0 Å². The summed E-state index contributed by atoms with van der Waals surface area (Å²) in [5.41, 5.74) is 0. The Morgan fingerprint density at radius 3 is 2.71 bits per heavy atom. The number of hydrogen-bond donors (Lipinski definition) is 0. The minimum absolute atomic E-state index is 0.529. The summed E-state index contributed by atoms with van der Waals surface area (Å²) in [7, 11) is 0. The maximum atomic E-state index is 5.33. The molecule has 0 aromatic carbocycles. The van der Waals surface area contributed by atoms with Crippen LogP contribution in [-0.4, -0.2) is 4.98 Å². The average molecular weight is 195 g/mol. The van der Waals surface area contributed by atoms with E-state index in [2.05, 4.69) is 18.8 Å². The van der Waals surface area contributed by atoms with Crippen LogP contribution in [0.25, 0.3) is 0 Å². The van der Waals surface area contributed by atoms with Crippen molar-refractivity contribution in [3.8, 4) is 0 Å². The van der Waals surface area contributed by atoms with Crippen molar-refractivity contribution in [2.75, 3.05) is 0 Å². The number of unbranched alkanes of at least 4 members (excludes halogenated alkanes) is 3. The van der Waals surface area contributed by atoms with E-state index in [0.29, 0.717) is 5.92 Å². The highest BCUT2D eigenvalue weighted by molar-refractivity contribution is 4.90. The highest BCUT2D eigenvalue weighted by Crippen LogP contribution is 2.24. The molecule has 0 amide bonds. The standard InChI is InChI=1S/C12H21NO/c1-3-5-6-7-8-11(4-2)12-13-9-10-14-12/h9-11H,3-8H2,1-2H3. The van der Waals surface area contributed by atoms with Gasteiger partial charge in [0.15, 0.2) is 5.89 Å². The number of nitrogens with zero attached hydrogens (tertiary/aromatic N) is 1. The molecule has 0 spiro atoms. The van der Waals surface area contributed by atoms with E-state index < -0.39 is 0 Å². The summed E-state index contributed by atoms with van der Waals surface area (Å²) < 4.78 is 5.33. The lowest BCUT2D eigenvalue weighted by Crippen LogP contribution is -1.97. The van der Waals surface area contributed by atoms with E-state index in [9.17, 15) is 0 Å². The van der Waals surface area contributed by atoms with Gasteiger partial charge in [0.2, 0.25) is 0 Å². The fraction of sp³-hybridized carbons (Fsp3) is 0.750. The molecule has 0 radical (unpaired) electrons. The molecule has 14 heavy (non-hydrogen) atoms. The van der Waals surface area contributed by atoms with Crippen molar-refractivity contribution in [3.05, 3.63) is 18.4 Å². The molecule has 1 atom stereocenters. The van der Waals surface area contributed by atoms with Gasteiger partial charge in [-0.15, -0.1) is 0 Å². The molecule has 0 fully saturated rings. The van der Waals surface area contributed by atoms with Gasteiger partial charge in [-0.2, -0.15) is 0 Å². The van der Waals surface area contributed by atoms with Gasteiger partial charge >= 0.3 is 0 Å². The van der Waals surface area contributed by atoms with E-state index in [1.807, 2.05) is 0 Å². The summed E-state index contributed by atoms with van der Waals surface area (Å²) in [5.74, 6) is 1.45. The minimum Gasteiger partial charge on any atom is -0.449 e. The van der Waals surface area contributed by atoms with Crippen LogP contribution in [0.15, 0.2) is 16.9 Å². The fourth-order valence-corrected chi connectivity index (χ4v) is 1.76. The molecule has 2 nitrogen and oxygen atoms in total. The normalized spacial score (nSPS) is 13.0. The second-order valence-electron chi connectivity index (χ2n) is 3.82. The van der Waals surface area contributed by atoms with Crippen molar-refractivity contribution in [2.24, 2.45) is 0 Å². The predicted octanol–water partition coefficient (Wildman–Crippen LogP) is 4.14. The maximum absolute atomic E-state index is 5.33. The Balaban J connectivity index is 2.26. The summed E-state index contributed by atoms with van der Waals surface area (Å²) in [5, 5.41) is 0. The quantitative estimate of drug-likeness (QED) is 0.611. The molecule has 2 heteroatoms. The third-order valence-electron chi connectivity index (χ3n) is 2.70. The van der Waals surface area contributed by atoms with Gasteiger partial charge in [-0.25, -0.2) is 4.98 Å². The van der Waals surface area contributed by atoms with Crippen LogP contribution in [0, 0.1) is 0 Å². The first-order valence-electron chi connectivity index (χ1n) is 5.77. The van der Waals surface area contributed by atoms with Gasteiger partial charge in [0, 0.05) is 5.92 Å². The van der Waals surface area contributed by atoms with E-state index in [1.165, 1.54) is 32.1 Å². The van der Waals surface area contributed by atoms with Crippen LogP contribution in [0.4, 0.5) is 0 Å². The smallest absolute Gasteiger partial charge is 0.197 e. The van der Waals surface area contributed by atoms with Crippen LogP contribution >= 0.6 is 0 Å². The third-order valence-corrected chi connectivity index (χ3v) is 2.70. The third kappa shape index (κ3) is 3.52. The van der Waals surface area contributed by atoms with E-state index in [4.69, 9.17) is 4.42 Å². The predicted molar refractivity (Wildman–Crippen MR) is 58.3 cm³/mol. The van der Waals surface area contributed by atoms with Gasteiger partial charge in [0.05, 0.1) is 6.20 Å². The Hall–Kier alpha value is -0.790. The topological polar surface area (TPSA) is 26.0 Å². The summed E-state index contributed by atoms with van der Waals surface area (Å²) in [4.78, 5) is 4.22. The maximum Gasteiger partial charge on any atom is 0.197 e. The first-order chi connectivity index (χ1) is 6.88. The lowest BCUT2D eigenvalue weighted by molar-refractivity contribution is 0.412. The second kappa shape index (κ2) is 6.63. The van der Waals surface area contributed by atoms with E-state index in [1.54, 1.807) is 12.5 Å². The molecule has 80 valence electrons. The molecule has 1 unspecified atom stereocenters. The lowest BCUT2D eigenvalue weighted by Gasteiger charge is -2.09. The van der Waals surface area contributed by atoms with Crippen molar-refractivity contribution < 1.29 is 4.42 Å². The largest absolute Gasteiger partial charge is 0.449 e. The van der Waals surface area contributed by atoms with Crippen LogP contribution in [0.2, 0.25) is 0 Å². The molecule has 0 aliphatic heterocycles. The van der Waals surface area contributed by atoms with E-state index in [-0.39, 0.29) is 0 Å². The Bertz CT molecular complexity index is 218. The van der Waals surface area contributed by atoms with Crippen LogP contribution in [0.3, 0.4) is 0 Å². The fourth-order valence-electron chi connectivity index (χ4n) is 1.76.